The predicted octanol–water partition coefficient (Wildman–Crippen LogP) is 2.41. The van der Waals surface area contributed by atoms with Gasteiger partial charge >= 0.3 is 0 Å². The van der Waals surface area contributed by atoms with Gasteiger partial charge in [0.1, 0.15) is 12.4 Å². The molecule has 0 unspecified atom stereocenters. The van der Waals surface area contributed by atoms with Crippen LogP contribution in [0.4, 0.5) is 5.69 Å². The molecule has 0 aliphatic heterocycles. The number of rotatable bonds is 5. The molecule has 1 saturated carbocycles. The quantitative estimate of drug-likeness (QED) is 0.816. The van der Waals surface area contributed by atoms with E-state index in [1.54, 1.807) is 0 Å². The molecule has 4 nitrogen and oxygen atoms in total. The molecular weight excluding hydrogens is 270 g/mol. The first kappa shape index (κ1) is 15.1. The zero-order chi connectivity index (χ0) is 14.4. The Kier molecular flexibility index (Phi) is 5.61. The number of nitrogens with two attached hydrogens (primary N) is 2. The molecule has 0 saturated heterocycles. The first-order chi connectivity index (χ1) is 9.72. The van der Waals surface area contributed by atoms with Gasteiger partial charge in [0.15, 0.2) is 5.11 Å². The highest BCUT2D eigenvalue weighted by molar-refractivity contribution is 7.80. The van der Waals surface area contributed by atoms with Crippen molar-refractivity contribution in [2.24, 2.45) is 11.5 Å². The number of hydrogen-bond acceptors (Lipinski definition) is 3. The number of ether oxygens (including phenoxy) is 1. The van der Waals surface area contributed by atoms with E-state index in [2.05, 4.69) is 4.90 Å². The maximum Gasteiger partial charge on any atom is 0.171 e. The van der Waals surface area contributed by atoms with Crippen molar-refractivity contribution >= 4 is 23.0 Å². The van der Waals surface area contributed by atoms with E-state index >= 15 is 0 Å². The first-order valence-corrected chi connectivity index (χ1v) is 7.65. The Morgan fingerprint density at radius 2 is 2.05 bits per heavy atom. The van der Waals surface area contributed by atoms with Crippen LogP contribution in [0.3, 0.4) is 0 Å². The lowest BCUT2D eigenvalue weighted by atomic mass is 9.94. The van der Waals surface area contributed by atoms with E-state index in [9.17, 15) is 0 Å². The van der Waals surface area contributed by atoms with Crippen LogP contribution in [-0.4, -0.2) is 24.3 Å². The monoisotopic (exact) mass is 293 g/mol. The van der Waals surface area contributed by atoms with E-state index in [-0.39, 0.29) is 0 Å². The highest BCUT2D eigenvalue weighted by Gasteiger charge is 2.23. The lowest BCUT2D eigenvalue weighted by Gasteiger charge is -2.35. The number of nitrogens with zero attached hydrogens (tertiary/aromatic N) is 1. The Morgan fingerprint density at radius 1 is 1.30 bits per heavy atom. The number of benzene rings is 1. The van der Waals surface area contributed by atoms with E-state index in [0.717, 1.165) is 24.3 Å². The fraction of sp³-hybridized carbons (Fsp3) is 0.533. The van der Waals surface area contributed by atoms with Gasteiger partial charge < -0.3 is 21.1 Å². The van der Waals surface area contributed by atoms with Crippen LogP contribution >= 0.6 is 12.2 Å². The maximum absolute atomic E-state index is 5.95. The molecule has 5 heteroatoms. The molecule has 4 N–H and O–H groups in total. The SMILES string of the molecule is NCCOc1cccc(N(C(N)=S)C2CCCCC2)c1. The minimum absolute atomic E-state index is 0.408. The number of hydrogen-bond donors (Lipinski definition) is 2. The molecule has 1 fully saturated rings. The fourth-order valence-electron chi connectivity index (χ4n) is 2.76. The zero-order valence-electron chi connectivity index (χ0n) is 11.8. The van der Waals surface area contributed by atoms with Crippen molar-refractivity contribution < 1.29 is 4.74 Å². The molecule has 1 aliphatic rings. The molecule has 1 aromatic carbocycles. The summed E-state index contributed by atoms with van der Waals surface area (Å²) in [5, 5.41) is 0.438. The molecular formula is C15H23N3OS. The van der Waals surface area contributed by atoms with Crippen molar-refractivity contribution in [1.29, 1.82) is 0 Å². The Labute approximate surface area is 126 Å². The molecule has 2 rings (SSSR count). The topological polar surface area (TPSA) is 64.5 Å². The van der Waals surface area contributed by atoms with Gasteiger partial charge in [-0.05, 0) is 37.2 Å². The average molecular weight is 293 g/mol. The number of thiocarbonyl (C=S) groups is 1. The minimum Gasteiger partial charge on any atom is -0.492 e. The molecule has 0 atom stereocenters. The van der Waals surface area contributed by atoms with Crippen molar-refractivity contribution in [2.45, 2.75) is 38.1 Å². The van der Waals surface area contributed by atoms with E-state index < -0.39 is 0 Å². The second-order valence-electron chi connectivity index (χ2n) is 5.13. The van der Waals surface area contributed by atoms with Crippen molar-refractivity contribution in [1.82, 2.24) is 0 Å². The third-order valence-electron chi connectivity index (χ3n) is 3.66. The lowest BCUT2D eigenvalue weighted by molar-refractivity contribution is 0.328. The summed E-state index contributed by atoms with van der Waals surface area (Å²) in [6, 6.07) is 8.32. The van der Waals surface area contributed by atoms with Gasteiger partial charge in [0, 0.05) is 24.3 Å². The number of anilines is 1. The van der Waals surface area contributed by atoms with E-state index in [1.165, 1.54) is 19.3 Å². The smallest absolute Gasteiger partial charge is 0.171 e. The second kappa shape index (κ2) is 7.45. The Bertz CT molecular complexity index is 446. The van der Waals surface area contributed by atoms with Crippen LogP contribution < -0.4 is 21.1 Å². The molecule has 0 bridgehead atoms. The summed E-state index contributed by atoms with van der Waals surface area (Å²) in [6.45, 7) is 1.02. The predicted molar refractivity (Wildman–Crippen MR) is 87.1 cm³/mol. The van der Waals surface area contributed by atoms with Gasteiger partial charge in [-0.3, -0.25) is 0 Å². The summed E-state index contributed by atoms with van der Waals surface area (Å²) in [5.74, 6) is 0.810. The van der Waals surface area contributed by atoms with Crippen molar-refractivity contribution in [2.75, 3.05) is 18.1 Å². The molecule has 0 aromatic heterocycles. The molecule has 20 heavy (non-hydrogen) atoms. The van der Waals surface area contributed by atoms with Crippen LogP contribution in [0.25, 0.3) is 0 Å². The summed E-state index contributed by atoms with van der Waals surface area (Å²) < 4.78 is 5.58. The van der Waals surface area contributed by atoms with Gasteiger partial charge in [-0.15, -0.1) is 0 Å². The molecule has 1 aliphatic carbocycles. The molecule has 0 amide bonds. The summed E-state index contributed by atoms with van der Waals surface area (Å²) in [4.78, 5) is 2.07. The third-order valence-corrected chi connectivity index (χ3v) is 3.86. The second-order valence-corrected chi connectivity index (χ2v) is 5.55. The van der Waals surface area contributed by atoms with Crippen LogP contribution in [0.5, 0.6) is 5.75 Å². The largest absolute Gasteiger partial charge is 0.492 e. The lowest BCUT2D eigenvalue weighted by Crippen LogP contribution is -2.44. The minimum atomic E-state index is 0.408. The highest BCUT2D eigenvalue weighted by Crippen LogP contribution is 2.29. The molecule has 0 radical (unpaired) electrons. The van der Waals surface area contributed by atoms with Crippen molar-refractivity contribution in [3.63, 3.8) is 0 Å². The average Bonchev–Trinajstić information content (AvgIpc) is 2.46. The van der Waals surface area contributed by atoms with Gasteiger partial charge in [0.25, 0.3) is 0 Å². The molecule has 1 aromatic rings. The van der Waals surface area contributed by atoms with E-state index in [1.807, 2.05) is 24.3 Å². The Hall–Kier alpha value is -1.33. The van der Waals surface area contributed by atoms with Crippen LogP contribution in [0, 0.1) is 0 Å². The normalized spacial score (nSPS) is 15.8. The summed E-state index contributed by atoms with van der Waals surface area (Å²) >= 11 is 5.25. The van der Waals surface area contributed by atoms with Gasteiger partial charge in [0.2, 0.25) is 0 Å². The molecule has 110 valence electrons. The maximum atomic E-state index is 5.95. The van der Waals surface area contributed by atoms with Gasteiger partial charge in [-0.2, -0.15) is 0 Å². The van der Waals surface area contributed by atoms with Crippen LogP contribution in [-0.2, 0) is 0 Å². The van der Waals surface area contributed by atoms with Crippen molar-refractivity contribution in [3.05, 3.63) is 24.3 Å². The summed E-state index contributed by atoms with van der Waals surface area (Å²) in [7, 11) is 0. The van der Waals surface area contributed by atoms with E-state index in [4.69, 9.17) is 28.4 Å². The highest BCUT2D eigenvalue weighted by atomic mass is 32.1. The standard InChI is InChI=1S/C15H23N3OS/c16-9-10-19-14-8-4-7-13(11-14)18(15(17)20)12-5-2-1-3-6-12/h4,7-8,11-12H,1-3,5-6,9-10,16H2,(H2,17,20). The van der Waals surface area contributed by atoms with Gasteiger partial charge in [-0.25, -0.2) is 0 Å². The molecule has 0 spiro atoms. The molecule has 0 heterocycles. The Balaban J connectivity index is 2.17. The zero-order valence-corrected chi connectivity index (χ0v) is 12.6. The summed E-state index contributed by atoms with van der Waals surface area (Å²) in [5.41, 5.74) is 12.4. The van der Waals surface area contributed by atoms with Crippen LogP contribution in [0.2, 0.25) is 0 Å². The summed E-state index contributed by atoms with van der Waals surface area (Å²) in [6.07, 6.45) is 6.08. The van der Waals surface area contributed by atoms with Gasteiger partial charge in [-0.1, -0.05) is 25.3 Å². The van der Waals surface area contributed by atoms with Crippen LogP contribution in [0.1, 0.15) is 32.1 Å². The van der Waals surface area contributed by atoms with E-state index in [0.29, 0.717) is 24.3 Å². The fourth-order valence-corrected chi connectivity index (χ4v) is 3.01. The van der Waals surface area contributed by atoms with Crippen LogP contribution in [0.15, 0.2) is 24.3 Å². The Morgan fingerprint density at radius 3 is 2.70 bits per heavy atom. The third kappa shape index (κ3) is 3.84. The van der Waals surface area contributed by atoms with Gasteiger partial charge in [0.05, 0.1) is 0 Å². The van der Waals surface area contributed by atoms with Crippen molar-refractivity contribution in [3.8, 4) is 5.75 Å². The first-order valence-electron chi connectivity index (χ1n) is 7.24.